The number of fused-ring (bicyclic) bond motifs is 1. The summed E-state index contributed by atoms with van der Waals surface area (Å²) < 4.78 is 2.12. The molecular weight excluding hydrogens is 245 g/mol. The maximum absolute atomic E-state index is 6.01. The van der Waals surface area contributed by atoms with Crippen molar-refractivity contribution in [1.82, 2.24) is 9.55 Å². The van der Waals surface area contributed by atoms with E-state index in [9.17, 15) is 0 Å². The van der Waals surface area contributed by atoms with Gasteiger partial charge in [0.15, 0.2) is 0 Å². The molecule has 2 aromatic rings. The van der Waals surface area contributed by atoms with E-state index in [0.717, 1.165) is 29.8 Å². The highest BCUT2D eigenvalue weighted by Crippen LogP contribution is 2.28. The minimum absolute atomic E-state index is 0.539. The van der Waals surface area contributed by atoms with Gasteiger partial charge in [-0.05, 0) is 32.0 Å². The molecule has 0 aliphatic heterocycles. The smallest absolute Gasteiger partial charge is 0.106 e. The highest BCUT2D eigenvalue weighted by atomic mass is 35.5. The standard InChI is InChI=1S/C11H13Cl2N3/c1-7-15-10-5-8(12)9(13)6-11(10)16(7)4-2-3-14/h5-6H,2-4,14H2,1H3. The number of nitrogens with two attached hydrogens (primary N) is 1. The van der Waals surface area contributed by atoms with E-state index >= 15 is 0 Å². The number of benzene rings is 1. The van der Waals surface area contributed by atoms with Gasteiger partial charge < -0.3 is 10.3 Å². The number of halogens is 2. The van der Waals surface area contributed by atoms with Crippen LogP contribution in [0, 0.1) is 6.92 Å². The third kappa shape index (κ3) is 2.03. The Bertz CT molecular complexity index is 519. The van der Waals surface area contributed by atoms with Crippen LogP contribution in [0.5, 0.6) is 0 Å². The third-order valence-electron chi connectivity index (χ3n) is 2.57. The highest BCUT2D eigenvalue weighted by molar-refractivity contribution is 6.42. The number of hydrogen-bond acceptors (Lipinski definition) is 2. The first-order valence-electron chi connectivity index (χ1n) is 5.15. The second-order valence-corrected chi connectivity index (χ2v) is 4.52. The van der Waals surface area contributed by atoms with E-state index in [4.69, 9.17) is 28.9 Å². The van der Waals surface area contributed by atoms with Gasteiger partial charge in [0.05, 0.1) is 21.1 Å². The molecule has 1 aromatic carbocycles. The quantitative estimate of drug-likeness (QED) is 0.919. The zero-order valence-corrected chi connectivity index (χ0v) is 10.5. The van der Waals surface area contributed by atoms with Crippen LogP contribution in [-0.2, 0) is 6.54 Å². The zero-order valence-electron chi connectivity index (χ0n) is 9.00. The van der Waals surface area contributed by atoms with E-state index in [1.54, 1.807) is 6.07 Å². The van der Waals surface area contributed by atoms with E-state index in [-0.39, 0.29) is 0 Å². The van der Waals surface area contributed by atoms with Crippen molar-refractivity contribution in [2.75, 3.05) is 6.54 Å². The van der Waals surface area contributed by atoms with Gasteiger partial charge >= 0.3 is 0 Å². The van der Waals surface area contributed by atoms with Crippen LogP contribution < -0.4 is 5.73 Å². The number of aryl methyl sites for hydroxylation is 2. The van der Waals surface area contributed by atoms with Crippen molar-refractivity contribution in [2.45, 2.75) is 19.9 Å². The van der Waals surface area contributed by atoms with E-state index in [1.165, 1.54) is 0 Å². The third-order valence-corrected chi connectivity index (χ3v) is 3.29. The summed E-state index contributed by atoms with van der Waals surface area (Å²) in [6.07, 6.45) is 0.923. The van der Waals surface area contributed by atoms with Crippen LogP contribution in [-0.4, -0.2) is 16.1 Å². The first-order valence-corrected chi connectivity index (χ1v) is 5.91. The average molecular weight is 258 g/mol. The van der Waals surface area contributed by atoms with Crippen molar-refractivity contribution in [3.8, 4) is 0 Å². The Balaban J connectivity index is 2.55. The fraction of sp³-hybridized carbons (Fsp3) is 0.364. The largest absolute Gasteiger partial charge is 0.330 e. The minimum atomic E-state index is 0.539. The van der Waals surface area contributed by atoms with Gasteiger partial charge in [-0.1, -0.05) is 23.2 Å². The molecule has 5 heteroatoms. The molecule has 3 nitrogen and oxygen atoms in total. The Morgan fingerprint density at radius 3 is 2.69 bits per heavy atom. The molecule has 0 aliphatic rings. The summed E-state index contributed by atoms with van der Waals surface area (Å²) in [5, 5.41) is 1.10. The molecule has 0 atom stereocenters. The van der Waals surface area contributed by atoms with Crippen LogP contribution in [0.3, 0.4) is 0 Å². The van der Waals surface area contributed by atoms with Crippen molar-refractivity contribution in [3.63, 3.8) is 0 Å². The van der Waals surface area contributed by atoms with Gasteiger partial charge in [-0.25, -0.2) is 4.98 Å². The molecule has 0 saturated heterocycles. The van der Waals surface area contributed by atoms with Gasteiger partial charge in [0.1, 0.15) is 5.82 Å². The summed E-state index contributed by atoms with van der Waals surface area (Å²) >= 11 is 12.0. The fourth-order valence-corrected chi connectivity index (χ4v) is 2.09. The normalized spacial score (nSPS) is 11.2. The van der Waals surface area contributed by atoms with Crippen molar-refractivity contribution in [2.24, 2.45) is 5.73 Å². The summed E-state index contributed by atoms with van der Waals surface area (Å²) in [5.41, 5.74) is 7.41. The average Bonchev–Trinajstić information content (AvgIpc) is 2.52. The molecular formula is C11H13Cl2N3. The molecule has 1 aromatic heterocycles. The lowest BCUT2D eigenvalue weighted by Gasteiger charge is -2.05. The predicted molar refractivity (Wildman–Crippen MR) is 68.2 cm³/mol. The van der Waals surface area contributed by atoms with Gasteiger partial charge in [0.25, 0.3) is 0 Å². The molecule has 0 bridgehead atoms. The maximum Gasteiger partial charge on any atom is 0.106 e. The molecule has 86 valence electrons. The summed E-state index contributed by atoms with van der Waals surface area (Å²) in [6, 6.07) is 3.65. The Hall–Kier alpha value is -0.770. The summed E-state index contributed by atoms with van der Waals surface area (Å²) in [7, 11) is 0. The molecule has 0 amide bonds. The molecule has 16 heavy (non-hydrogen) atoms. The molecule has 0 aliphatic carbocycles. The van der Waals surface area contributed by atoms with Gasteiger partial charge in [-0.3, -0.25) is 0 Å². The fourth-order valence-electron chi connectivity index (χ4n) is 1.77. The van der Waals surface area contributed by atoms with E-state index < -0.39 is 0 Å². The van der Waals surface area contributed by atoms with Gasteiger partial charge in [-0.2, -0.15) is 0 Å². The summed E-state index contributed by atoms with van der Waals surface area (Å²) in [6.45, 7) is 3.50. The van der Waals surface area contributed by atoms with Crippen molar-refractivity contribution < 1.29 is 0 Å². The van der Waals surface area contributed by atoms with E-state index in [1.807, 2.05) is 13.0 Å². The molecule has 0 fully saturated rings. The number of hydrogen-bond donors (Lipinski definition) is 1. The SMILES string of the molecule is Cc1nc2cc(Cl)c(Cl)cc2n1CCCN. The van der Waals surface area contributed by atoms with Crippen LogP contribution in [0.2, 0.25) is 10.0 Å². The van der Waals surface area contributed by atoms with Gasteiger partial charge in [0.2, 0.25) is 0 Å². The molecule has 0 saturated carbocycles. The maximum atomic E-state index is 6.01. The Morgan fingerprint density at radius 1 is 1.31 bits per heavy atom. The molecule has 0 spiro atoms. The second-order valence-electron chi connectivity index (χ2n) is 3.71. The second kappa shape index (κ2) is 4.62. The molecule has 0 radical (unpaired) electrons. The number of rotatable bonds is 3. The van der Waals surface area contributed by atoms with Crippen LogP contribution in [0.1, 0.15) is 12.2 Å². The highest BCUT2D eigenvalue weighted by Gasteiger charge is 2.09. The number of imidazole rings is 1. The van der Waals surface area contributed by atoms with E-state index in [2.05, 4.69) is 9.55 Å². The van der Waals surface area contributed by atoms with Gasteiger partial charge in [0, 0.05) is 6.54 Å². The van der Waals surface area contributed by atoms with E-state index in [0.29, 0.717) is 16.6 Å². The Kier molecular flexibility index (Phi) is 3.38. The lowest BCUT2D eigenvalue weighted by molar-refractivity contribution is 0.649. The van der Waals surface area contributed by atoms with Gasteiger partial charge in [-0.15, -0.1) is 0 Å². The zero-order chi connectivity index (χ0) is 11.7. The summed E-state index contributed by atoms with van der Waals surface area (Å²) in [5.74, 6) is 0.960. The first-order chi connectivity index (χ1) is 7.63. The molecule has 2 N–H and O–H groups in total. The van der Waals surface area contributed by atoms with Crippen molar-refractivity contribution >= 4 is 34.2 Å². The van der Waals surface area contributed by atoms with Crippen molar-refractivity contribution in [1.29, 1.82) is 0 Å². The molecule has 0 unspecified atom stereocenters. The van der Waals surface area contributed by atoms with Crippen LogP contribution in [0.25, 0.3) is 11.0 Å². The predicted octanol–water partition coefficient (Wildman–Crippen LogP) is 3.00. The summed E-state index contributed by atoms with van der Waals surface area (Å²) in [4.78, 5) is 4.45. The lowest BCUT2D eigenvalue weighted by atomic mass is 10.3. The van der Waals surface area contributed by atoms with Crippen LogP contribution in [0.15, 0.2) is 12.1 Å². The van der Waals surface area contributed by atoms with Crippen LogP contribution >= 0.6 is 23.2 Å². The van der Waals surface area contributed by atoms with Crippen molar-refractivity contribution in [3.05, 3.63) is 28.0 Å². The molecule has 1 heterocycles. The topological polar surface area (TPSA) is 43.8 Å². The monoisotopic (exact) mass is 257 g/mol. The Morgan fingerprint density at radius 2 is 2.00 bits per heavy atom. The molecule has 2 rings (SSSR count). The number of aromatic nitrogens is 2. The Labute approximate surface area is 104 Å². The number of nitrogens with zero attached hydrogens (tertiary/aromatic N) is 2. The first kappa shape index (κ1) is 11.7. The minimum Gasteiger partial charge on any atom is -0.330 e. The lowest BCUT2D eigenvalue weighted by Crippen LogP contribution is -2.06. The van der Waals surface area contributed by atoms with Crippen LogP contribution in [0.4, 0.5) is 0 Å².